The van der Waals surface area contributed by atoms with E-state index in [-0.39, 0.29) is 11.3 Å². The van der Waals surface area contributed by atoms with Crippen LogP contribution in [0.4, 0.5) is 0 Å². The standard InChI is InChI=1S/C12H17N7O2/c1-17(18-4-2-3-5-18)8-15-10(20)9-6-13-12-14-7-16-19(12)11(9)21/h6-7H,2-5,8H2,1H3,(H,15,20)(H,13,14,16). The van der Waals surface area contributed by atoms with E-state index in [2.05, 4.69) is 25.4 Å². The fourth-order valence-electron chi connectivity index (χ4n) is 2.38. The number of amides is 1. The van der Waals surface area contributed by atoms with Crippen molar-refractivity contribution in [1.82, 2.24) is 34.9 Å². The van der Waals surface area contributed by atoms with Gasteiger partial charge >= 0.3 is 0 Å². The van der Waals surface area contributed by atoms with Gasteiger partial charge in [-0.15, -0.1) is 0 Å². The number of hydrazine groups is 1. The van der Waals surface area contributed by atoms with E-state index in [1.54, 1.807) is 0 Å². The molecule has 21 heavy (non-hydrogen) atoms. The number of rotatable bonds is 4. The monoisotopic (exact) mass is 291 g/mol. The van der Waals surface area contributed by atoms with Crippen LogP contribution in [0.25, 0.3) is 5.78 Å². The Morgan fingerprint density at radius 1 is 1.43 bits per heavy atom. The second kappa shape index (κ2) is 5.62. The van der Waals surface area contributed by atoms with E-state index >= 15 is 0 Å². The summed E-state index contributed by atoms with van der Waals surface area (Å²) in [5, 5.41) is 9.47. The number of carbonyl (C=O) groups excluding carboxylic acids is 1. The first-order valence-electron chi connectivity index (χ1n) is 6.82. The van der Waals surface area contributed by atoms with Gasteiger partial charge in [0.15, 0.2) is 0 Å². The summed E-state index contributed by atoms with van der Waals surface area (Å²) < 4.78 is 1.14. The Labute approximate surface area is 120 Å². The highest BCUT2D eigenvalue weighted by atomic mass is 16.2. The molecule has 1 saturated heterocycles. The SMILES string of the molecule is CN(CNC(=O)c1cnc2nc[nH]n2c1=O)N1CCCC1. The summed E-state index contributed by atoms with van der Waals surface area (Å²) in [4.78, 5) is 32.0. The first kappa shape index (κ1) is 13.7. The van der Waals surface area contributed by atoms with Crippen molar-refractivity contribution in [2.24, 2.45) is 0 Å². The number of nitrogens with zero attached hydrogens (tertiary/aromatic N) is 5. The quantitative estimate of drug-likeness (QED) is 0.705. The molecule has 0 bridgehead atoms. The van der Waals surface area contributed by atoms with Crippen molar-refractivity contribution in [1.29, 1.82) is 0 Å². The van der Waals surface area contributed by atoms with Crippen LogP contribution in [0.2, 0.25) is 0 Å². The molecule has 1 amide bonds. The lowest BCUT2D eigenvalue weighted by Crippen LogP contribution is -2.45. The smallest absolute Gasteiger partial charge is 0.286 e. The molecule has 9 nitrogen and oxygen atoms in total. The molecule has 112 valence electrons. The third kappa shape index (κ3) is 2.65. The second-order valence-electron chi connectivity index (χ2n) is 4.98. The van der Waals surface area contributed by atoms with Crippen LogP contribution in [0.5, 0.6) is 0 Å². The Hall–Kier alpha value is -2.26. The number of nitrogens with one attached hydrogen (secondary N) is 2. The zero-order chi connectivity index (χ0) is 14.8. The van der Waals surface area contributed by atoms with Crippen molar-refractivity contribution in [3.05, 3.63) is 28.4 Å². The zero-order valence-corrected chi connectivity index (χ0v) is 11.7. The molecule has 2 aromatic heterocycles. The maximum absolute atomic E-state index is 12.1. The average Bonchev–Trinajstić information content (AvgIpc) is 3.15. The zero-order valence-electron chi connectivity index (χ0n) is 11.7. The van der Waals surface area contributed by atoms with Crippen LogP contribution in [-0.4, -0.2) is 62.3 Å². The molecule has 9 heteroatoms. The molecule has 0 radical (unpaired) electrons. The average molecular weight is 291 g/mol. The van der Waals surface area contributed by atoms with E-state index in [0.29, 0.717) is 6.67 Å². The van der Waals surface area contributed by atoms with Crippen molar-refractivity contribution in [2.75, 3.05) is 26.8 Å². The van der Waals surface area contributed by atoms with E-state index in [9.17, 15) is 9.59 Å². The molecule has 0 spiro atoms. The van der Waals surface area contributed by atoms with Crippen LogP contribution in [0.15, 0.2) is 17.3 Å². The van der Waals surface area contributed by atoms with Gasteiger partial charge in [0, 0.05) is 26.3 Å². The number of aromatic nitrogens is 4. The van der Waals surface area contributed by atoms with E-state index in [1.807, 2.05) is 12.1 Å². The van der Waals surface area contributed by atoms with Crippen LogP contribution >= 0.6 is 0 Å². The molecule has 2 N–H and O–H groups in total. The van der Waals surface area contributed by atoms with Gasteiger partial charge in [-0.25, -0.2) is 20.0 Å². The van der Waals surface area contributed by atoms with E-state index in [0.717, 1.165) is 17.6 Å². The van der Waals surface area contributed by atoms with Gasteiger partial charge in [-0.3, -0.25) is 14.7 Å². The lowest BCUT2D eigenvalue weighted by Gasteiger charge is -2.27. The lowest BCUT2D eigenvalue weighted by atomic mass is 10.3. The van der Waals surface area contributed by atoms with Crippen LogP contribution in [0, 0.1) is 0 Å². The van der Waals surface area contributed by atoms with Gasteiger partial charge in [0.2, 0.25) is 0 Å². The highest BCUT2D eigenvalue weighted by molar-refractivity contribution is 5.93. The largest absolute Gasteiger partial charge is 0.338 e. The molecule has 0 atom stereocenters. The molecule has 2 aromatic rings. The van der Waals surface area contributed by atoms with Crippen LogP contribution in [-0.2, 0) is 0 Å². The summed E-state index contributed by atoms with van der Waals surface area (Å²) in [6.45, 7) is 2.34. The highest BCUT2D eigenvalue weighted by Gasteiger charge is 2.18. The van der Waals surface area contributed by atoms with Crippen molar-refractivity contribution < 1.29 is 4.79 Å². The number of H-pyrrole nitrogens is 1. The number of aromatic amines is 1. The van der Waals surface area contributed by atoms with Gasteiger partial charge in [-0.05, 0) is 12.8 Å². The summed E-state index contributed by atoms with van der Waals surface area (Å²) in [5.41, 5.74) is -0.467. The molecular formula is C12H17N7O2. The first-order valence-corrected chi connectivity index (χ1v) is 6.82. The number of hydrogen-bond donors (Lipinski definition) is 2. The second-order valence-corrected chi connectivity index (χ2v) is 4.98. The van der Waals surface area contributed by atoms with Gasteiger partial charge in [0.05, 0.1) is 6.67 Å². The number of carbonyl (C=O) groups is 1. The number of hydrogen-bond acceptors (Lipinski definition) is 6. The number of fused-ring (bicyclic) bond motifs is 1. The molecule has 3 rings (SSSR count). The maximum Gasteiger partial charge on any atom is 0.286 e. The molecule has 0 aromatic carbocycles. The van der Waals surface area contributed by atoms with Crippen molar-refractivity contribution >= 4 is 11.7 Å². The van der Waals surface area contributed by atoms with Crippen molar-refractivity contribution in [3.63, 3.8) is 0 Å². The van der Waals surface area contributed by atoms with Crippen LogP contribution < -0.4 is 10.9 Å². The third-order valence-electron chi connectivity index (χ3n) is 3.59. The predicted octanol–water partition coefficient (Wildman–Crippen LogP) is -0.952. The van der Waals surface area contributed by atoms with Crippen LogP contribution in [0.1, 0.15) is 23.2 Å². The van der Waals surface area contributed by atoms with Crippen molar-refractivity contribution in [2.45, 2.75) is 12.8 Å². The van der Waals surface area contributed by atoms with E-state index < -0.39 is 11.5 Å². The highest BCUT2D eigenvalue weighted by Crippen LogP contribution is 2.08. The molecule has 3 heterocycles. The minimum absolute atomic E-state index is 0.00780. The Bertz CT molecular complexity index is 701. The molecule has 0 saturated carbocycles. The fraction of sp³-hybridized carbons (Fsp3) is 0.500. The summed E-state index contributed by atoms with van der Waals surface area (Å²) in [6, 6.07) is 0. The normalized spacial score (nSPS) is 15.9. The summed E-state index contributed by atoms with van der Waals surface area (Å²) in [6.07, 6.45) is 4.94. The van der Waals surface area contributed by atoms with Crippen LogP contribution in [0.3, 0.4) is 0 Å². The molecule has 0 aliphatic carbocycles. The minimum Gasteiger partial charge on any atom is -0.338 e. The third-order valence-corrected chi connectivity index (χ3v) is 3.59. The predicted molar refractivity (Wildman–Crippen MR) is 74.5 cm³/mol. The van der Waals surface area contributed by atoms with Gasteiger partial charge < -0.3 is 5.32 Å². The van der Waals surface area contributed by atoms with E-state index in [4.69, 9.17) is 0 Å². The Kier molecular flexibility index (Phi) is 3.67. The van der Waals surface area contributed by atoms with Crippen molar-refractivity contribution in [3.8, 4) is 0 Å². The Balaban J connectivity index is 1.69. The van der Waals surface area contributed by atoms with Gasteiger partial charge in [0.1, 0.15) is 11.9 Å². The molecule has 1 fully saturated rings. The maximum atomic E-state index is 12.1. The fourth-order valence-corrected chi connectivity index (χ4v) is 2.38. The molecule has 1 aliphatic heterocycles. The lowest BCUT2D eigenvalue weighted by molar-refractivity contribution is 0.0169. The molecular weight excluding hydrogens is 274 g/mol. The summed E-state index contributed by atoms with van der Waals surface area (Å²) in [7, 11) is 1.91. The Morgan fingerprint density at radius 3 is 2.95 bits per heavy atom. The van der Waals surface area contributed by atoms with Gasteiger partial charge in [-0.2, -0.15) is 4.52 Å². The first-order chi connectivity index (χ1) is 10.2. The summed E-state index contributed by atoms with van der Waals surface area (Å²) >= 11 is 0. The Morgan fingerprint density at radius 2 is 2.19 bits per heavy atom. The topological polar surface area (TPSA) is 98.6 Å². The van der Waals surface area contributed by atoms with Gasteiger partial charge in [-0.1, -0.05) is 0 Å². The minimum atomic E-state index is -0.459. The molecule has 1 aliphatic rings. The van der Waals surface area contributed by atoms with E-state index in [1.165, 1.54) is 25.4 Å². The molecule has 0 unspecified atom stereocenters. The van der Waals surface area contributed by atoms with Gasteiger partial charge in [0.25, 0.3) is 17.2 Å². The summed E-state index contributed by atoms with van der Waals surface area (Å²) in [5.74, 6) is -0.201.